The van der Waals surface area contributed by atoms with Gasteiger partial charge in [-0.15, -0.1) is 0 Å². The summed E-state index contributed by atoms with van der Waals surface area (Å²) in [6.07, 6.45) is -3.73. The summed E-state index contributed by atoms with van der Waals surface area (Å²) in [5.74, 6) is -1.95. The van der Waals surface area contributed by atoms with Crippen LogP contribution in [0.3, 0.4) is 0 Å². The zero-order valence-electron chi connectivity index (χ0n) is 14.7. The molecule has 1 fully saturated rings. The smallest absolute Gasteiger partial charge is 0.434 e. The van der Waals surface area contributed by atoms with Gasteiger partial charge in [-0.1, -0.05) is 17.7 Å². The highest BCUT2D eigenvalue weighted by Gasteiger charge is 2.46. The molecule has 1 saturated heterocycles. The molecule has 144 valence electrons. The van der Waals surface area contributed by atoms with Crippen LogP contribution in [-0.2, 0) is 11.0 Å². The number of aryl methyl sites for hydroxylation is 1. The molecule has 6 nitrogen and oxygen atoms in total. The fourth-order valence-corrected chi connectivity index (χ4v) is 3.14. The van der Waals surface area contributed by atoms with Gasteiger partial charge in [-0.2, -0.15) is 18.3 Å². The molecule has 1 N–H and O–H groups in total. The van der Waals surface area contributed by atoms with Crippen molar-refractivity contribution < 1.29 is 27.9 Å². The number of hydrogen-bond acceptors (Lipinski definition) is 3. The van der Waals surface area contributed by atoms with Gasteiger partial charge in [0.25, 0.3) is 5.91 Å². The van der Waals surface area contributed by atoms with Gasteiger partial charge in [-0.25, -0.2) is 4.68 Å². The van der Waals surface area contributed by atoms with Crippen LogP contribution >= 0.6 is 0 Å². The van der Waals surface area contributed by atoms with Crippen LogP contribution < -0.4 is 0 Å². The first-order valence-electron chi connectivity index (χ1n) is 8.28. The zero-order chi connectivity index (χ0) is 20.0. The number of carbonyl (C=O) groups excluding carboxylic acids is 1. The molecule has 9 heteroatoms. The standard InChI is InChI=1S/C18H18F3N3O3/c1-11-3-5-12(6-4-11)24-14(18(19,20)21)13(9-22-24)15(25)23-8-7-17(2,10-23)16(26)27/h3-6,9H,7-8,10H2,1-2H3,(H,26,27). The van der Waals surface area contributed by atoms with E-state index in [0.717, 1.165) is 16.7 Å². The van der Waals surface area contributed by atoms with E-state index in [1.54, 1.807) is 19.1 Å². The topological polar surface area (TPSA) is 75.4 Å². The van der Waals surface area contributed by atoms with E-state index in [4.69, 9.17) is 0 Å². The molecule has 3 rings (SSSR count). The Bertz CT molecular complexity index is 889. The van der Waals surface area contributed by atoms with Crippen LogP contribution in [0.15, 0.2) is 30.5 Å². The number of nitrogens with zero attached hydrogens (tertiary/aromatic N) is 3. The summed E-state index contributed by atoms with van der Waals surface area (Å²) in [5.41, 5.74) is -1.86. The third-order valence-corrected chi connectivity index (χ3v) is 4.82. The van der Waals surface area contributed by atoms with Crippen LogP contribution in [0.2, 0.25) is 0 Å². The third-order valence-electron chi connectivity index (χ3n) is 4.82. The molecule has 0 saturated carbocycles. The Kier molecular flexibility index (Phi) is 4.49. The minimum absolute atomic E-state index is 0.0780. The normalized spacial score (nSPS) is 20.1. The number of halogens is 3. The van der Waals surface area contributed by atoms with Crippen molar-refractivity contribution in [2.75, 3.05) is 13.1 Å². The van der Waals surface area contributed by atoms with Crippen LogP contribution in [0, 0.1) is 12.3 Å². The quantitative estimate of drug-likeness (QED) is 0.886. The maximum atomic E-state index is 13.7. The van der Waals surface area contributed by atoms with Crippen LogP contribution in [0.4, 0.5) is 13.2 Å². The molecule has 0 bridgehead atoms. The Morgan fingerprint density at radius 1 is 1.22 bits per heavy atom. The van der Waals surface area contributed by atoms with Crippen molar-refractivity contribution >= 4 is 11.9 Å². The third kappa shape index (κ3) is 3.41. The molecular weight excluding hydrogens is 363 g/mol. The van der Waals surface area contributed by atoms with Crippen LogP contribution in [-0.4, -0.2) is 44.8 Å². The fourth-order valence-electron chi connectivity index (χ4n) is 3.14. The van der Waals surface area contributed by atoms with Gasteiger partial charge >= 0.3 is 12.1 Å². The molecule has 1 aliphatic rings. The zero-order valence-corrected chi connectivity index (χ0v) is 14.7. The lowest BCUT2D eigenvalue weighted by Gasteiger charge is -2.20. The van der Waals surface area contributed by atoms with Crippen molar-refractivity contribution in [3.63, 3.8) is 0 Å². The van der Waals surface area contributed by atoms with Gasteiger partial charge in [0, 0.05) is 13.1 Å². The summed E-state index contributed by atoms with van der Waals surface area (Å²) >= 11 is 0. The molecular formula is C18H18F3N3O3. The summed E-state index contributed by atoms with van der Waals surface area (Å²) in [5, 5.41) is 13.0. The summed E-state index contributed by atoms with van der Waals surface area (Å²) < 4.78 is 41.8. The Hall–Kier alpha value is -2.84. The van der Waals surface area contributed by atoms with Gasteiger partial charge in [-0.3, -0.25) is 9.59 Å². The van der Waals surface area contributed by atoms with Gasteiger partial charge in [0.2, 0.25) is 0 Å². The monoisotopic (exact) mass is 381 g/mol. The number of benzene rings is 1. The van der Waals surface area contributed by atoms with E-state index in [1.807, 2.05) is 0 Å². The second-order valence-electron chi connectivity index (χ2n) is 6.99. The van der Waals surface area contributed by atoms with E-state index >= 15 is 0 Å². The molecule has 1 atom stereocenters. The average molecular weight is 381 g/mol. The van der Waals surface area contributed by atoms with Crippen LogP contribution in [0.5, 0.6) is 0 Å². The Labute approximate surface area is 153 Å². The van der Waals surface area contributed by atoms with Gasteiger partial charge in [0.1, 0.15) is 0 Å². The van der Waals surface area contributed by atoms with E-state index in [9.17, 15) is 27.9 Å². The number of amides is 1. The summed E-state index contributed by atoms with van der Waals surface area (Å²) in [7, 11) is 0. The van der Waals surface area contributed by atoms with E-state index in [2.05, 4.69) is 5.10 Å². The lowest BCUT2D eigenvalue weighted by molar-refractivity contribution is -0.147. The first-order chi connectivity index (χ1) is 12.5. The molecule has 0 spiro atoms. The Morgan fingerprint density at radius 3 is 2.37 bits per heavy atom. The fraction of sp³-hybridized carbons (Fsp3) is 0.389. The highest BCUT2D eigenvalue weighted by molar-refractivity contribution is 5.96. The second kappa shape index (κ2) is 6.40. The SMILES string of the molecule is Cc1ccc(-n2ncc(C(=O)N3CCC(C)(C(=O)O)C3)c2C(F)(F)F)cc1. The summed E-state index contributed by atoms with van der Waals surface area (Å²) in [4.78, 5) is 25.2. The minimum atomic E-state index is -4.80. The second-order valence-corrected chi connectivity index (χ2v) is 6.99. The van der Waals surface area contributed by atoms with Gasteiger partial charge in [0.05, 0.1) is 22.9 Å². The number of aliphatic carboxylic acids is 1. The van der Waals surface area contributed by atoms with Crippen molar-refractivity contribution in [2.45, 2.75) is 26.4 Å². The first kappa shape index (κ1) is 18.9. The van der Waals surface area contributed by atoms with E-state index < -0.39 is 34.7 Å². The van der Waals surface area contributed by atoms with E-state index in [-0.39, 0.29) is 25.2 Å². The number of aromatic nitrogens is 2. The number of alkyl halides is 3. The number of hydrogen-bond donors (Lipinski definition) is 1. The molecule has 2 heterocycles. The predicted molar refractivity (Wildman–Crippen MR) is 89.6 cm³/mol. The van der Waals surface area contributed by atoms with E-state index in [1.165, 1.54) is 19.1 Å². The number of carbonyl (C=O) groups is 2. The van der Waals surface area contributed by atoms with Crippen molar-refractivity contribution in [2.24, 2.45) is 5.41 Å². The van der Waals surface area contributed by atoms with Crippen molar-refractivity contribution in [3.8, 4) is 5.69 Å². The first-order valence-corrected chi connectivity index (χ1v) is 8.28. The van der Waals surface area contributed by atoms with Gasteiger partial charge < -0.3 is 10.0 Å². The molecule has 0 radical (unpaired) electrons. The molecule has 27 heavy (non-hydrogen) atoms. The highest BCUT2D eigenvalue weighted by Crippen LogP contribution is 2.36. The van der Waals surface area contributed by atoms with Gasteiger partial charge in [0.15, 0.2) is 5.69 Å². The molecule has 0 aliphatic carbocycles. The maximum Gasteiger partial charge on any atom is 0.434 e. The molecule has 2 aromatic rings. The highest BCUT2D eigenvalue weighted by atomic mass is 19.4. The molecule has 1 unspecified atom stereocenters. The number of carboxylic acids is 1. The molecule has 1 aliphatic heterocycles. The Morgan fingerprint density at radius 2 is 1.85 bits per heavy atom. The molecule has 1 amide bonds. The summed E-state index contributed by atoms with van der Waals surface area (Å²) in [6.45, 7) is 3.21. The summed E-state index contributed by atoms with van der Waals surface area (Å²) in [6, 6.07) is 6.28. The predicted octanol–water partition coefficient (Wildman–Crippen LogP) is 3.14. The van der Waals surface area contributed by atoms with Gasteiger partial charge in [-0.05, 0) is 32.4 Å². The average Bonchev–Trinajstić information content (AvgIpc) is 3.20. The molecule has 1 aromatic heterocycles. The lowest BCUT2D eigenvalue weighted by atomic mass is 9.90. The van der Waals surface area contributed by atoms with Crippen molar-refractivity contribution in [1.82, 2.24) is 14.7 Å². The van der Waals surface area contributed by atoms with Crippen LogP contribution in [0.1, 0.15) is 35.0 Å². The minimum Gasteiger partial charge on any atom is -0.481 e. The Balaban J connectivity index is 2.00. The van der Waals surface area contributed by atoms with Crippen molar-refractivity contribution in [1.29, 1.82) is 0 Å². The molecule has 1 aromatic carbocycles. The number of carboxylic acid groups (broad SMARTS) is 1. The van der Waals surface area contributed by atoms with Crippen LogP contribution in [0.25, 0.3) is 5.69 Å². The maximum absolute atomic E-state index is 13.7. The van der Waals surface area contributed by atoms with Crippen molar-refractivity contribution in [3.05, 3.63) is 47.3 Å². The number of rotatable bonds is 3. The lowest BCUT2D eigenvalue weighted by Crippen LogP contribution is -2.35. The largest absolute Gasteiger partial charge is 0.481 e. The number of likely N-dealkylation sites (tertiary alicyclic amines) is 1. The van der Waals surface area contributed by atoms with E-state index in [0.29, 0.717) is 4.68 Å².